The quantitative estimate of drug-likeness (QED) is 0.560. The highest BCUT2D eigenvalue weighted by Gasteiger charge is 2.12. The van der Waals surface area contributed by atoms with E-state index in [9.17, 15) is 14.0 Å². The van der Waals surface area contributed by atoms with E-state index in [-0.39, 0.29) is 18.4 Å². The number of halogens is 2. The second-order valence-electron chi connectivity index (χ2n) is 5.92. The van der Waals surface area contributed by atoms with Crippen LogP contribution in [0.2, 0.25) is 5.02 Å². The van der Waals surface area contributed by atoms with Crippen LogP contribution < -0.4 is 16.0 Å². The van der Waals surface area contributed by atoms with Gasteiger partial charge in [0, 0.05) is 22.1 Å². The molecular weight excluding hydrogens is 381 g/mol. The first-order valence-electron chi connectivity index (χ1n) is 8.46. The van der Waals surface area contributed by atoms with Gasteiger partial charge in [0.25, 0.3) is 5.91 Å². The molecule has 0 saturated heterocycles. The zero-order chi connectivity index (χ0) is 19.9. The van der Waals surface area contributed by atoms with Crippen LogP contribution in [-0.2, 0) is 4.79 Å². The third-order valence-corrected chi connectivity index (χ3v) is 4.07. The lowest BCUT2D eigenvalue weighted by molar-refractivity contribution is -0.114. The molecule has 3 N–H and O–H groups in total. The molecule has 2 amide bonds. The summed E-state index contributed by atoms with van der Waals surface area (Å²) in [5, 5.41) is 8.88. The second kappa shape index (κ2) is 9.01. The first-order valence-corrected chi connectivity index (χ1v) is 8.84. The van der Waals surface area contributed by atoms with Gasteiger partial charge in [-0.3, -0.25) is 9.59 Å². The van der Waals surface area contributed by atoms with Gasteiger partial charge >= 0.3 is 0 Å². The molecule has 0 fully saturated rings. The number of carbonyl (C=O) groups excluding carboxylic acids is 2. The summed E-state index contributed by atoms with van der Waals surface area (Å²) in [6, 6.07) is 19.2. The fourth-order valence-electron chi connectivity index (χ4n) is 2.51. The monoisotopic (exact) mass is 397 g/mol. The van der Waals surface area contributed by atoms with Crippen LogP contribution >= 0.6 is 11.6 Å². The summed E-state index contributed by atoms with van der Waals surface area (Å²) in [6.07, 6.45) is 0. The van der Waals surface area contributed by atoms with Crippen LogP contribution in [0.25, 0.3) is 0 Å². The number of anilines is 3. The van der Waals surface area contributed by atoms with Gasteiger partial charge < -0.3 is 16.0 Å². The minimum absolute atomic E-state index is 0.0816. The Morgan fingerprint density at radius 1 is 0.857 bits per heavy atom. The lowest BCUT2D eigenvalue weighted by Gasteiger charge is -2.12. The molecular formula is C21H17ClFN3O2. The number of benzene rings is 3. The highest BCUT2D eigenvalue weighted by molar-refractivity contribution is 6.30. The number of hydrogen-bond acceptors (Lipinski definition) is 3. The van der Waals surface area contributed by atoms with Crippen LogP contribution in [0.1, 0.15) is 10.4 Å². The molecule has 142 valence electrons. The van der Waals surface area contributed by atoms with E-state index in [1.165, 1.54) is 18.2 Å². The van der Waals surface area contributed by atoms with Crippen LogP contribution in [0.5, 0.6) is 0 Å². The molecule has 0 aromatic heterocycles. The molecule has 28 heavy (non-hydrogen) atoms. The van der Waals surface area contributed by atoms with Crippen LogP contribution in [0.3, 0.4) is 0 Å². The minimum Gasteiger partial charge on any atom is -0.376 e. The first kappa shape index (κ1) is 19.4. The molecule has 5 nitrogen and oxygen atoms in total. The predicted molar refractivity (Wildman–Crippen MR) is 109 cm³/mol. The Bertz CT molecular complexity index is 993. The molecule has 0 bridgehead atoms. The highest BCUT2D eigenvalue weighted by atomic mass is 35.5. The molecule has 0 aliphatic rings. The molecule has 0 spiro atoms. The molecule has 0 atom stereocenters. The highest BCUT2D eigenvalue weighted by Crippen LogP contribution is 2.19. The molecule has 3 rings (SSSR count). The van der Waals surface area contributed by atoms with E-state index in [0.717, 1.165) is 0 Å². The van der Waals surface area contributed by atoms with Gasteiger partial charge in [0.05, 0.1) is 12.1 Å². The van der Waals surface area contributed by atoms with Crippen molar-refractivity contribution in [2.24, 2.45) is 0 Å². The smallest absolute Gasteiger partial charge is 0.257 e. The van der Waals surface area contributed by atoms with Crippen molar-refractivity contribution in [2.45, 2.75) is 0 Å². The van der Waals surface area contributed by atoms with E-state index in [2.05, 4.69) is 16.0 Å². The zero-order valence-corrected chi connectivity index (χ0v) is 15.5. The number of hydrogen-bond donors (Lipinski definition) is 3. The van der Waals surface area contributed by atoms with Crippen molar-refractivity contribution in [2.75, 3.05) is 22.5 Å². The van der Waals surface area contributed by atoms with Crippen molar-refractivity contribution < 1.29 is 14.0 Å². The van der Waals surface area contributed by atoms with Crippen molar-refractivity contribution in [3.8, 4) is 0 Å². The fraction of sp³-hybridized carbons (Fsp3) is 0.0476. The second-order valence-corrected chi connectivity index (χ2v) is 6.36. The molecule has 0 aliphatic carbocycles. The maximum absolute atomic E-state index is 13.2. The van der Waals surface area contributed by atoms with Crippen molar-refractivity contribution in [3.05, 3.63) is 89.2 Å². The maximum atomic E-state index is 13.2. The number of para-hydroxylation sites is 1. The number of carbonyl (C=O) groups is 2. The third-order valence-electron chi connectivity index (χ3n) is 3.82. The van der Waals surface area contributed by atoms with E-state index < -0.39 is 5.82 Å². The van der Waals surface area contributed by atoms with Crippen LogP contribution in [0.15, 0.2) is 72.8 Å². The minimum atomic E-state index is -0.435. The van der Waals surface area contributed by atoms with Crippen LogP contribution in [-0.4, -0.2) is 18.4 Å². The van der Waals surface area contributed by atoms with Crippen LogP contribution in [0.4, 0.5) is 21.5 Å². The van der Waals surface area contributed by atoms with Gasteiger partial charge in [0.15, 0.2) is 0 Å². The Hall–Kier alpha value is -3.38. The molecule has 7 heteroatoms. The zero-order valence-electron chi connectivity index (χ0n) is 14.7. The Labute approximate surface area is 166 Å². The van der Waals surface area contributed by atoms with Gasteiger partial charge in [-0.05, 0) is 54.6 Å². The van der Waals surface area contributed by atoms with Gasteiger partial charge in [-0.2, -0.15) is 0 Å². The van der Waals surface area contributed by atoms with Gasteiger partial charge in [-0.25, -0.2) is 4.39 Å². The van der Waals surface area contributed by atoms with Crippen molar-refractivity contribution >= 4 is 40.5 Å². The topological polar surface area (TPSA) is 70.2 Å². The normalized spacial score (nSPS) is 10.2. The number of rotatable bonds is 6. The number of amides is 2. The fourth-order valence-corrected chi connectivity index (χ4v) is 2.64. The lowest BCUT2D eigenvalue weighted by atomic mass is 10.1. The van der Waals surface area contributed by atoms with Gasteiger partial charge in [-0.1, -0.05) is 29.8 Å². The van der Waals surface area contributed by atoms with E-state index in [1.54, 1.807) is 54.6 Å². The summed E-state index contributed by atoms with van der Waals surface area (Å²) in [4.78, 5) is 24.7. The summed E-state index contributed by atoms with van der Waals surface area (Å²) in [5.41, 5.74) is 1.85. The van der Waals surface area contributed by atoms with E-state index >= 15 is 0 Å². The molecule has 0 saturated carbocycles. The van der Waals surface area contributed by atoms with E-state index in [1.807, 2.05) is 0 Å². The molecule has 0 radical (unpaired) electrons. The van der Waals surface area contributed by atoms with Crippen molar-refractivity contribution in [3.63, 3.8) is 0 Å². The Kier molecular flexibility index (Phi) is 6.24. The standard InChI is InChI=1S/C21H17ClFN3O2/c22-14-8-10-16(11-9-14)26-21(28)18-6-1-2-7-19(18)24-13-20(27)25-17-5-3-4-15(23)12-17/h1-12,24H,13H2,(H,25,27)(H,26,28). The molecule has 0 unspecified atom stereocenters. The number of nitrogens with one attached hydrogen (secondary N) is 3. The van der Waals surface area contributed by atoms with Gasteiger partial charge in [0.1, 0.15) is 5.82 Å². The maximum Gasteiger partial charge on any atom is 0.257 e. The molecule has 3 aromatic carbocycles. The summed E-state index contributed by atoms with van der Waals surface area (Å²) in [5.74, 6) is -1.12. The average molecular weight is 398 g/mol. The lowest BCUT2D eigenvalue weighted by Crippen LogP contribution is -2.23. The average Bonchev–Trinajstić information content (AvgIpc) is 2.68. The summed E-state index contributed by atoms with van der Waals surface area (Å²) >= 11 is 5.85. The predicted octanol–water partition coefficient (Wildman–Crippen LogP) is 4.78. The van der Waals surface area contributed by atoms with Crippen LogP contribution in [0, 0.1) is 5.82 Å². The van der Waals surface area contributed by atoms with Crippen molar-refractivity contribution in [1.29, 1.82) is 0 Å². The largest absolute Gasteiger partial charge is 0.376 e. The Morgan fingerprint density at radius 3 is 2.36 bits per heavy atom. The molecule has 3 aromatic rings. The molecule has 0 heterocycles. The Balaban J connectivity index is 1.64. The SMILES string of the molecule is O=C(CNc1ccccc1C(=O)Nc1ccc(Cl)cc1)Nc1cccc(F)c1. The summed E-state index contributed by atoms with van der Waals surface area (Å²) < 4.78 is 13.2. The summed E-state index contributed by atoms with van der Waals surface area (Å²) in [7, 11) is 0. The van der Waals surface area contributed by atoms with Gasteiger partial charge in [0.2, 0.25) is 5.91 Å². The third kappa shape index (κ3) is 5.31. The Morgan fingerprint density at radius 2 is 1.61 bits per heavy atom. The summed E-state index contributed by atoms with van der Waals surface area (Å²) in [6.45, 7) is -0.0816. The first-order chi connectivity index (χ1) is 13.5. The van der Waals surface area contributed by atoms with E-state index in [4.69, 9.17) is 11.6 Å². The van der Waals surface area contributed by atoms with Gasteiger partial charge in [-0.15, -0.1) is 0 Å². The van der Waals surface area contributed by atoms with E-state index in [0.29, 0.717) is 27.6 Å². The molecule has 0 aliphatic heterocycles. The van der Waals surface area contributed by atoms with Crippen molar-refractivity contribution in [1.82, 2.24) is 0 Å².